The summed E-state index contributed by atoms with van der Waals surface area (Å²) >= 11 is 0. The normalized spacial score (nSPS) is 23.2. The lowest BCUT2D eigenvalue weighted by Crippen LogP contribution is -2.17. The van der Waals surface area contributed by atoms with Gasteiger partial charge in [-0.05, 0) is 66.8 Å². The second kappa shape index (κ2) is 7.95. The van der Waals surface area contributed by atoms with Crippen molar-refractivity contribution in [1.82, 2.24) is 0 Å². The molecular weight excluding hydrogens is 338 g/mol. The summed E-state index contributed by atoms with van der Waals surface area (Å²) in [5.41, 5.74) is 2.24. The van der Waals surface area contributed by atoms with E-state index in [4.69, 9.17) is 4.74 Å². The molecule has 2 aromatic rings. The van der Waals surface area contributed by atoms with E-state index in [9.17, 15) is 9.59 Å². The molecule has 27 heavy (non-hydrogen) atoms. The average molecular weight is 363 g/mol. The van der Waals surface area contributed by atoms with Crippen molar-refractivity contribution < 1.29 is 14.3 Å². The number of nitrogens with one attached hydrogen (secondary N) is 1. The van der Waals surface area contributed by atoms with Gasteiger partial charge in [-0.25, -0.2) is 0 Å². The van der Waals surface area contributed by atoms with Crippen LogP contribution in [-0.2, 0) is 16.1 Å². The fraction of sp³-hybridized carbons (Fsp3) is 0.391. The summed E-state index contributed by atoms with van der Waals surface area (Å²) in [7, 11) is 0. The molecule has 2 aliphatic carbocycles. The molecule has 1 amide bonds. The summed E-state index contributed by atoms with van der Waals surface area (Å²) in [6, 6.07) is 16.6. The molecule has 4 rings (SSSR count). The van der Waals surface area contributed by atoms with Gasteiger partial charge in [-0.1, -0.05) is 36.8 Å². The van der Waals surface area contributed by atoms with Crippen molar-refractivity contribution in [1.29, 1.82) is 0 Å². The van der Waals surface area contributed by atoms with Crippen LogP contribution in [0.5, 0.6) is 0 Å². The molecule has 0 aromatic heterocycles. The molecule has 4 nitrogen and oxygen atoms in total. The van der Waals surface area contributed by atoms with Crippen LogP contribution in [-0.4, -0.2) is 11.9 Å². The van der Waals surface area contributed by atoms with Crippen molar-refractivity contribution in [2.24, 2.45) is 17.8 Å². The lowest BCUT2D eigenvalue weighted by molar-refractivity contribution is -0.146. The van der Waals surface area contributed by atoms with Crippen LogP contribution < -0.4 is 5.32 Å². The monoisotopic (exact) mass is 363 g/mol. The molecule has 0 spiro atoms. The van der Waals surface area contributed by atoms with Crippen molar-refractivity contribution in [3.05, 3.63) is 65.7 Å². The number of benzene rings is 2. The Morgan fingerprint density at radius 3 is 2.41 bits per heavy atom. The molecule has 2 fully saturated rings. The van der Waals surface area contributed by atoms with Gasteiger partial charge in [0, 0.05) is 17.7 Å². The number of rotatable bonds is 6. The van der Waals surface area contributed by atoms with Gasteiger partial charge in [-0.15, -0.1) is 0 Å². The minimum atomic E-state index is -0.152. The number of hydrogen-bond acceptors (Lipinski definition) is 3. The number of esters is 1. The molecule has 0 heterocycles. The van der Waals surface area contributed by atoms with Gasteiger partial charge in [0.1, 0.15) is 6.61 Å². The molecule has 140 valence electrons. The summed E-state index contributed by atoms with van der Waals surface area (Å²) in [5, 5.41) is 2.86. The average Bonchev–Trinajstić information content (AvgIpc) is 3.31. The van der Waals surface area contributed by atoms with Crippen molar-refractivity contribution in [3.8, 4) is 0 Å². The van der Waals surface area contributed by atoms with E-state index < -0.39 is 0 Å². The second-order valence-corrected chi connectivity index (χ2v) is 7.82. The van der Waals surface area contributed by atoms with Gasteiger partial charge >= 0.3 is 5.97 Å². The number of fused-ring (bicyclic) bond motifs is 2. The lowest BCUT2D eigenvalue weighted by Gasteiger charge is -2.20. The van der Waals surface area contributed by atoms with E-state index in [1.165, 1.54) is 25.7 Å². The number of para-hydroxylation sites is 1. The molecule has 3 atom stereocenters. The quantitative estimate of drug-likeness (QED) is 0.750. The third-order valence-corrected chi connectivity index (χ3v) is 5.96. The Morgan fingerprint density at radius 2 is 1.74 bits per heavy atom. The third kappa shape index (κ3) is 4.38. The number of carbonyl (C=O) groups is 2. The number of amides is 1. The Hall–Kier alpha value is -2.62. The van der Waals surface area contributed by atoms with Crippen molar-refractivity contribution in [2.45, 2.75) is 38.7 Å². The number of anilines is 1. The Labute approximate surface area is 159 Å². The predicted octanol–water partition coefficient (Wildman–Crippen LogP) is 4.81. The van der Waals surface area contributed by atoms with E-state index in [1.54, 1.807) is 12.1 Å². The molecule has 2 aromatic carbocycles. The maximum absolute atomic E-state index is 12.3. The summed E-state index contributed by atoms with van der Waals surface area (Å²) in [6.45, 7) is 0.264. The van der Waals surface area contributed by atoms with Crippen LogP contribution in [0.25, 0.3) is 0 Å². The van der Waals surface area contributed by atoms with Crippen molar-refractivity contribution in [2.75, 3.05) is 5.32 Å². The summed E-state index contributed by atoms with van der Waals surface area (Å²) in [4.78, 5) is 24.4. The van der Waals surface area contributed by atoms with Gasteiger partial charge in [0.25, 0.3) is 5.91 Å². The highest BCUT2D eigenvalue weighted by Gasteiger charge is 2.40. The van der Waals surface area contributed by atoms with Crippen LogP contribution in [0, 0.1) is 17.8 Å². The van der Waals surface area contributed by atoms with E-state index in [0.717, 1.165) is 23.1 Å². The van der Waals surface area contributed by atoms with Crippen molar-refractivity contribution in [3.63, 3.8) is 0 Å². The maximum atomic E-state index is 12.3. The number of hydrogen-bond donors (Lipinski definition) is 1. The van der Waals surface area contributed by atoms with Gasteiger partial charge < -0.3 is 10.1 Å². The summed E-state index contributed by atoms with van der Waals surface area (Å²) in [6.07, 6.45) is 5.70. The standard InChI is InChI=1S/C23H25NO3/c25-22(14-20-13-17-8-11-19(20)12-17)27-15-16-6-9-18(10-7-16)23(26)24-21-4-2-1-3-5-21/h1-7,9-10,17,19-20H,8,11-15H2,(H,24,26)/t17-,19+,20-/m0/s1. The molecule has 0 aliphatic heterocycles. The van der Waals surface area contributed by atoms with Crippen LogP contribution in [0.2, 0.25) is 0 Å². The largest absolute Gasteiger partial charge is 0.461 e. The number of ether oxygens (including phenoxy) is 1. The predicted molar refractivity (Wildman–Crippen MR) is 104 cm³/mol. The van der Waals surface area contributed by atoms with E-state index in [1.807, 2.05) is 42.5 Å². The highest BCUT2D eigenvalue weighted by Crippen LogP contribution is 2.49. The van der Waals surface area contributed by atoms with E-state index in [0.29, 0.717) is 17.9 Å². The van der Waals surface area contributed by atoms with E-state index in [-0.39, 0.29) is 18.5 Å². The van der Waals surface area contributed by atoms with Gasteiger partial charge in [-0.2, -0.15) is 0 Å². The first-order chi connectivity index (χ1) is 13.2. The minimum absolute atomic E-state index is 0.0987. The summed E-state index contributed by atoms with van der Waals surface area (Å²) in [5.74, 6) is 1.87. The fourth-order valence-electron chi connectivity index (χ4n) is 4.54. The number of carbonyl (C=O) groups excluding carboxylic acids is 2. The maximum Gasteiger partial charge on any atom is 0.306 e. The van der Waals surface area contributed by atoms with E-state index >= 15 is 0 Å². The zero-order chi connectivity index (χ0) is 18.6. The molecule has 0 unspecified atom stereocenters. The molecule has 0 radical (unpaired) electrons. The van der Waals surface area contributed by atoms with Gasteiger partial charge in [0.2, 0.25) is 0 Å². The summed E-state index contributed by atoms with van der Waals surface area (Å²) < 4.78 is 5.45. The third-order valence-electron chi connectivity index (χ3n) is 5.96. The Balaban J connectivity index is 1.25. The van der Waals surface area contributed by atoms with Gasteiger partial charge in [-0.3, -0.25) is 9.59 Å². The van der Waals surface area contributed by atoms with Crippen LogP contribution in [0.4, 0.5) is 5.69 Å². The molecule has 2 bridgehead atoms. The molecule has 2 saturated carbocycles. The van der Waals surface area contributed by atoms with Crippen LogP contribution in [0.3, 0.4) is 0 Å². The SMILES string of the molecule is O=C(C[C@@H]1C[C@H]2CC[C@@H]1C2)OCc1ccc(C(=O)Nc2ccccc2)cc1. The first-order valence-corrected chi connectivity index (χ1v) is 9.78. The van der Waals surface area contributed by atoms with Crippen LogP contribution in [0.1, 0.15) is 48.0 Å². The Morgan fingerprint density at radius 1 is 0.963 bits per heavy atom. The van der Waals surface area contributed by atoms with Crippen molar-refractivity contribution >= 4 is 17.6 Å². The Kier molecular flexibility index (Phi) is 5.23. The van der Waals surface area contributed by atoms with Gasteiger partial charge in [0.05, 0.1) is 0 Å². The highest BCUT2D eigenvalue weighted by atomic mass is 16.5. The minimum Gasteiger partial charge on any atom is -0.461 e. The molecule has 2 aliphatic rings. The zero-order valence-corrected chi connectivity index (χ0v) is 15.4. The second-order valence-electron chi connectivity index (χ2n) is 7.82. The molecule has 0 saturated heterocycles. The van der Waals surface area contributed by atoms with Crippen LogP contribution >= 0.6 is 0 Å². The smallest absolute Gasteiger partial charge is 0.306 e. The fourth-order valence-corrected chi connectivity index (χ4v) is 4.54. The highest BCUT2D eigenvalue weighted by molar-refractivity contribution is 6.04. The van der Waals surface area contributed by atoms with Crippen LogP contribution in [0.15, 0.2) is 54.6 Å². The molecule has 1 N–H and O–H groups in total. The van der Waals surface area contributed by atoms with E-state index in [2.05, 4.69) is 5.32 Å². The zero-order valence-electron chi connectivity index (χ0n) is 15.4. The topological polar surface area (TPSA) is 55.4 Å². The first kappa shape index (κ1) is 17.8. The Bertz CT molecular complexity index is 800. The first-order valence-electron chi connectivity index (χ1n) is 9.78. The molecular formula is C23H25NO3. The molecule has 4 heteroatoms. The van der Waals surface area contributed by atoms with Gasteiger partial charge in [0.15, 0.2) is 0 Å². The lowest BCUT2D eigenvalue weighted by atomic mass is 9.86.